The van der Waals surface area contributed by atoms with Crippen LogP contribution < -0.4 is 10.6 Å². The van der Waals surface area contributed by atoms with Crippen LogP contribution in [0.1, 0.15) is 17.2 Å². The number of anilines is 1. The zero-order chi connectivity index (χ0) is 16.8. The van der Waals surface area contributed by atoms with Gasteiger partial charge in [-0.3, -0.25) is 0 Å². The summed E-state index contributed by atoms with van der Waals surface area (Å²) in [6.07, 6.45) is 0. The molecule has 0 aliphatic carbocycles. The Bertz CT molecular complexity index is 659. The minimum absolute atomic E-state index is 0.116. The van der Waals surface area contributed by atoms with Crippen LogP contribution in [0.5, 0.6) is 0 Å². The van der Waals surface area contributed by atoms with Gasteiger partial charge in [-0.2, -0.15) is 0 Å². The molecule has 2 rings (SSSR count). The normalized spacial score (nSPS) is 12.0. The second-order valence-corrected chi connectivity index (χ2v) is 6.55. The summed E-state index contributed by atoms with van der Waals surface area (Å²) in [6.45, 7) is 2.82. The summed E-state index contributed by atoms with van der Waals surface area (Å²) < 4.78 is 0. The molecule has 5 heteroatoms. The highest BCUT2D eigenvalue weighted by molar-refractivity contribution is 7.80. The molecule has 0 heterocycles. The molecule has 0 aliphatic heterocycles. The Morgan fingerprint density at radius 1 is 1.13 bits per heavy atom. The fourth-order valence-electron chi connectivity index (χ4n) is 2.34. The third kappa shape index (κ3) is 5.20. The molecule has 0 amide bonds. The summed E-state index contributed by atoms with van der Waals surface area (Å²) >= 11 is 11.6. The van der Waals surface area contributed by atoms with Gasteiger partial charge in [-0.15, -0.1) is 0 Å². The van der Waals surface area contributed by atoms with Crippen molar-refractivity contribution in [2.75, 3.05) is 26.0 Å². The number of nitrogens with one attached hydrogen (secondary N) is 2. The minimum Gasteiger partial charge on any atom is -0.354 e. The molecule has 23 heavy (non-hydrogen) atoms. The SMILES string of the molecule is Cc1c(Cl)cccc1NC(=S)N[C@@H](CN(C)C)c1ccccc1. The number of halogens is 1. The Morgan fingerprint density at radius 2 is 1.83 bits per heavy atom. The van der Waals surface area contributed by atoms with Crippen molar-refractivity contribution < 1.29 is 0 Å². The van der Waals surface area contributed by atoms with Gasteiger partial charge in [0.2, 0.25) is 0 Å². The lowest BCUT2D eigenvalue weighted by Gasteiger charge is -2.24. The van der Waals surface area contributed by atoms with Crippen LogP contribution in [0.2, 0.25) is 5.02 Å². The van der Waals surface area contributed by atoms with Gasteiger partial charge in [-0.05, 0) is 56.5 Å². The average Bonchev–Trinajstić information content (AvgIpc) is 2.51. The number of hydrogen-bond acceptors (Lipinski definition) is 2. The van der Waals surface area contributed by atoms with Gasteiger partial charge in [0.25, 0.3) is 0 Å². The molecule has 0 spiro atoms. The van der Waals surface area contributed by atoms with Crippen molar-refractivity contribution >= 4 is 34.6 Å². The zero-order valence-electron chi connectivity index (χ0n) is 13.6. The van der Waals surface area contributed by atoms with E-state index in [1.165, 1.54) is 5.56 Å². The summed E-state index contributed by atoms with van der Waals surface area (Å²) in [7, 11) is 4.10. The van der Waals surface area contributed by atoms with E-state index in [1.807, 2.05) is 43.3 Å². The maximum Gasteiger partial charge on any atom is 0.171 e. The van der Waals surface area contributed by atoms with Crippen LogP contribution in [-0.2, 0) is 0 Å². The fourth-order valence-corrected chi connectivity index (χ4v) is 2.77. The van der Waals surface area contributed by atoms with E-state index >= 15 is 0 Å². The molecule has 0 saturated heterocycles. The average molecular weight is 348 g/mol. The Morgan fingerprint density at radius 3 is 2.48 bits per heavy atom. The minimum atomic E-state index is 0.116. The zero-order valence-corrected chi connectivity index (χ0v) is 15.2. The molecular formula is C18H22ClN3S. The Labute approximate surface area is 148 Å². The van der Waals surface area contributed by atoms with E-state index in [0.717, 1.165) is 22.8 Å². The predicted molar refractivity (Wildman–Crippen MR) is 103 cm³/mol. The highest BCUT2D eigenvalue weighted by Crippen LogP contribution is 2.23. The molecule has 0 unspecified atom stereocenters. The van der Waals surface area contributed by atoms with E-state index in [1.54, 1.807) is 0 Å². The van der Waals surface area contributed by atoms with E-state index in [9.17, 15) is 0 Å². The summed E-state index contributed by atoms with van der Waals surface area (Å²) in [4.78, 5) is 2.14. The highest BCUT2D eigenvalue weighted by atomic mass is 35.5. The van der Waals surface area contributed by atoms with Crippen molar-refractivity contribution in [1.29, 1.82) is 0 Å². The monoisotopic (exact) mass is 347 g/mol. The van der Waals surface area contributed by atoms with Crippen molar-refractivity contribution in [3.63, 3.8) is 0 Å². The van der Waals surface area contributed by atoms with E-state index in [-0.39, 0.29) is 6.04 Å². The van der Waals surface area contributed by atoms with Gasteiger partial charge >= 0.3 is 0 Å². The van der Waals surface area contributed by atoms with Crippen LogP contribution in [0.4, 0.5) is 5.69 Å². The van der Waals surface area contributed by atoms with Crippen LogP contribution in [0.25, 0.3) is 0 Å². The first-order valence-corrected chi connectivity index (χ1v) is 8.28. The van der Waals surface area contributed by atoms with Gasteiger partial charge < -0.3 is 15.5 Å². The van der Waals surface area contributed by atoms with Gasteiger partial charge in [0.1, 0.15) is 0 Å². The Balaban J connectivity index is 2.10. The molecule has 2 N–H and O–H groups in total. The molecule has 2 aromatic rings. The second kappa shape index (κ2) is 8.29. The van der Waals surface area contributed by atoms with Crippen LogP contribution >= 0.6 is 23.8 Å². The molecule has 3 nitrogen and oxygen atoms in total. The number of hydrogen-bond donors (Lipinski definition) is 2. The van der Waals surface area contributed by atoms with E-state index in [0.29, 0.717) is 5.11 Å². The third-order valence-electron chi connectivity index (χ3n) is 3.57. The van der Waals surface area contributed by atoms with Gasteiger partial charge in [-0.25, -0.2) is 0 Å². The number of thiocarbonyl (C=S) groups is 1. The summed E-state index contributed by atoms with van der Waals surface area (Å²) in [5.41, 5.74) is 3.11. The van der Waals surface area contributed by atoms with Crippen molar-refractivity contribution in [3.8, 4) is 0 Å². The Hall–Kier alpha value is -1.62. The molecule has 0 saturated carbocycles. The summed E-state index contributed by atoms with van der Waals surface area (Å²) in [5.74, 6) is 0. The molecular weight excluding hydrogens is 326 g/mol. The molecule has 0 bridgehead atoms. The van der Waals surface area contributed by atoms with E-state index in [2.05, 4.69) is 41.8 Å². The molecule has 1 atom stereocenters. The van der Waals surface area contributed by atoms with Crippen LogP contribution in [0.3, 0.4) is 0 Å². The van der Waals surface area contributed by atoms with Crippen LogP contribution in [0, 0.1) is 6.92 Å². The predicted octanol–water partition coefficient (Wildman–Crippen LogP) is 4.24. The first-order chi connectivity index (χ1) is 11.0. The molecule has 2 aromatic carbocycles. The van der Waals surface area contributed by atoms with Gasteiger partial charge in [0.15, 0.2) is 5.11 Å². The third-order valence-corrected chi connectivity index (χ3v) is 4.20. The van der Waals surface area contributed by atoms with Gasteiger partial charge in [-0.1, -0.05) is 48.0 Å². The van der Waals surface area contributed by atoms with Crippen molar-refractivity contribution in [1.82, 2.24) is 10.2 Å². The topological polar surface area (TPSA) is 27.3 Å². The maximum atomic E-state index is 6.16. The van der Waals surface area contributed by atoms with Crippen molar-refractivity contribution in [3.05, 3.63) is 64.7 Å². The molecule has 0 radical (unpaired) electrons. The van der Waals surface area contributed by atoms with Crippen molar-refractivity contribution in [2.24, 2.45) is 0 Å². The number of benzene rings is 2. The quantitative estimate of drug-likeness (QED) is 0.791. The number of rotatable bonds is 5. The van der Waals surface area contributed by atoms with Crippen LogP contribution in [0.15, 0.2) is 48.5 Å². The van der Waals surface area contributed by atoms with Crippen molar-refractivity contribution in [2.45, 2.75) is 13.0 Å². The summed E-state index contributed by atoms with van der Waals surface area (Å²) in [5, 5.41) is 7.95. The largest absolute Gasteiger partial charge is 0.354 e. The molecule has 0 fully saturated rings. The fraction of sp³-hybridized carbons (Fsp3) is 0.278. The molecule has 0 aliphatic rings. The lowest BCUT2D eigenvalue weighted by atomic mass is 10.1. The maximum absolute atomic E-state index is 6.16. The number of likely N-dealkylation sites (N-methyl/N-ethyl adjacent to an activating group) is 1. The smallest absolute Gasteiger partial charge is 0.171 e. The lowest BCUT2D eigenvalue weighted by molar-refractivity contribution is 0.363. The molecule has 122 valence electrons. The lowest BCUT2D eigenvalue weighted by Crippen LogP contribution is -2.37. The van der Waals surface area contributed by atoms with E-state index in [4.69, 9.17) is 23.8 Å². The van der Waals surface area contributed by atoms with Crippen LogP contribution in [-0.4, -0.2) is 30.7 Å². The second-order valence-electron chi connectivity index (χ2n) is 5.74. The summed E-state index contributed by atoms with van der Waals surface area (Å²) in [6, 6.07) is 16.2. The van der Waals surface area contributed by atoms with Gasteiger partial charge in [0.05, 0.1) is 6.04 Å². The van der Waals surface area contributed by atoms with Gasteiger partial charge in [0, 0.05) is 17.3 Å². The highest BCUT2D eigenvalue weighted by Gasteiger charge is 2.14. The van der Waals surface area contributed by atoms with E-state index < -0.39 is 0 Å². The first-order valence-electron chi connectivity index (χ1n) is 7.49. The Kier molecular flexibility index (Phi) is 6.39. The number of nitrogens with zero attached hydrogens (tertiary/aromatic N) is 1. The first kappa shape index (κ1) is 17.7. The standard InChI is InChI=1S/C18H22ClN3S/c1-13-15(19)10-7-11-16(13)20-18(23)21-17(12-22(2)3)14-8-5-4-6-9-14/h4-11,17H,12H2,1-3H3,(H2,20,21,23)/t17-/m0/s1. The molecule has 0 aromatic heterocycles.